The molecule has 186 valence electrons. The van der Waals surface area contributed by atoms with Crippen LogP contribution < -0.4 is 15.2 Å². The Morgan fingerprint density at radius 2 is 1.73 bits per heavy atom. The minimum Gasteiger partial charge on any atom is -0.489 e. The zero-order chi connectivity index (χ0) is 25.9. The van der Waals surface area contributed by atoms with Crippen molar-refractivity contribution < 1.29 is 18.8 Å². The number of primary amides is 1. The van der Waals surface area contributed by atoms with E-state index in [1.54, 1.807) is 60.7 Å². The lowest BCUT2D eigenvalue weighted by Gasteiger charge is -2.10. The molecule has 1 saturated carbocycles. The molecule has 0 radical (unpaired) electrons. The summed E-state index contributed by atoms with van der Waals surface area (Å²) in [7, 11) is 0. The van der Waals surface area contributed by atoms with Crippen molar-refractivity contribution in [2.45, 2.75) is 25.4 Å². The van der Waals surface area contributed by atoms with E-state index in [0.29, 0.717) is 54.9 Å². The van der Waals surface area contributed by atoms with Crippen LogP contribution in [-0.4, -0.2) is 11.2 Å². The molecular weight excluding hydrogens is 535 g/mol. The van der Waals surface area contributed by atoms with Gasteiger partial charge in [-0.05, 0) is 55.3 Å². The molecule has 6 nitrogen and oxygen atoms in total. The fourth-order valence-electron chi connectivity index (χ4n) is 3.78. The molecule has 0 bridgehead atoms. The summed E-state index contributed by atoms with van der Waals surface area (Å²) in [6.07, 6.45) is 1.19. The van der Waals surface area contributed by atoms with Crippen molar-refractivity contribution in [3.8, 4) is 34.6 Å². The summed E-state index contributed by atoms with van der Waals surface area (Å²) in [5.41, 5.74) is 8.32. The van der Waals surface area contributed by atoms with E-state index in [1.807, 2.05) is 0 Å². The Morgan fingerprint density at radius 1 is 0.973 bits per heavy atom. The molecule has 1 aliphatic carbocycles. The summed E-state index contributed by atoms with van der Waals surface area (Å²) in [6.45, 7) is 0.209. The second kappa shape index (κ2) is 10.8. The number of carbonyl (C=O) groups excluding carboxylic acids is 1. The molecule has 1 aromatic heterocycles. The van der Waals surface area contributed by atoms with E-state index >= 15 is 0 Å². The minimum absolute atomic E-state index is 0.209. The Kier molecular flexibility index (Phi) is 7.29. The molecule has 1 amide bonds. The Bertz CT molecular complexity index is 1530. The van der Waals surface area contributed by atoms with Gasteiger partial charge < -0.3 is 19.7 Å². The van der Waals surface area contributed by atoms with Crippen molar-refractivity contribution in [3.63, 3.8) is 0 Å². The molecule has 0 unspecified atom stereocenters. The quantitative estimate of drug-likeness (QED) is 0.248. The van der Waals surface area contributed by atoms with Gasteiger partial charge in [0.15, 0.2) is 0 Å². The average molecular weight is 554 g/mol. The highest BCUT2D eigenvalue weighted by molar-refractivity contribution is 6.39. The molecule has 4 aromatic rings. The molecule has 0 aliphatic heterocycles. The highest BCUT2D eigenvalue weighted by Crippen LogP contribution is 2.46. The molecule has 1 aliphatic rings. The van der Waals surface area contributed by atoms with Gasteiger partial charge in [-0.15, -0.1) is 0 Å². The number of nitrogens with zero attached hydrogens (tertiary/aromatic N) is 1. The number of rotatable bonds is 6. The van der Waals surface area contributed by atoms with Gasteiger partial charge in [0.2, 0.25) is 0 Å². The van der Waals surface area contributed by atoms with Gasteiger partial charge in [0, 0.05) is 28.7 Å². The molecule has 2 N–H and O–H groups in total. The lowest BCUT2D eigenvalue weighted by Crippen LogP contribution is -2.16. The molecule has 0 spiro atoms. The summed E-state index contributed by atoms with van der Waals surface area (Å²) >= 11 is 19.4. The molecule has 1 heterocycles. The molecule has 37 heavy (non-hydrogen) atoms. The molecule has 9 heteroatoms. The Balaban J connectivity index is 1.35. The van der Waals surface area contributed by atoms with Crippen LogP contribution in [0.2, 0.25) is 15.1 Å². The standard InChI is InChI=1S/C28H19Cl3N2O4/c29-22-5-2-6-23(30)25(22)26-21(27(37-33-26)18-9-10-18)15-35-19-12-11-17(24(31)14-19)8-7-16-3-1-4-20(13-16)36-28(32)34/h1-6,11-14,18H,9-10,15H2,(H2,32,34). The third-order valence-electron chi connectivity index (χ3n) is 5.68. The van der Waals surface area contributed by atoms with Gasteiger partial charge >= 0.3 is 6.09 Å². The number of nitrogens with two attached hydrogens (primary N) is 1. The fraction of sp³-hybridized carbons (Fsp3) is 0.143. The first-order valence-corrected chi connectivity index (χ1v) is 12.5. The first kappa shape index (κ1) is 25.0. The average Bonchev–Trinajstić information content (AvgIpc) is 3.62. The van der Waals surface area contributed by atoms with Gasteiger partial charge in [-0.3, -0.25) is 0 Å². The summed E-state index contributed by atoms with van der Waals surface area (Å²) in [5, 5.41) is 5.69. The number of ether oxygens (including phenoxy) is 2. The highest BCUT2D eigenvalue weighted by atomic mass is 35.5. The Morgan fingerprint density at radius 3 is 2.43 bits per heavy atom. The highest BCUT2D eigenvalue weighted by Gasteiger charge is 2.33. The van der Waals surface area contributed by atoms with Crippen molar-refractivity contribution >= 4 is 40.9 Å². The molecular formula is C28H19Cl3N2O4. The largest absolute Gasteiger partial charge is 0.489 e. The van der Waals surface area contributed by atoms with Crippen molar-refractivity contribution in [1.29, 1.82) is 0 Å². The number of carbonyl (C=O) groups is 1. The SMILES string of the molecule is NC(=O)Oc1cccc(C#Cc2ccc(OCc3c(-c4c(Cl)cccc4Cl)noc3C3CC3)cc2Cl)c1. The maximum Gasteiger partial charge on any atom is 0.409 e. The van der Waals surface area contributed by atoms with Crippen LogP contribution in [0.5, 0.6) is 11.5 Å². The summed E-state index contributed by atoms with van der Waals surface area (Å²) in [5.74, 6) is 8.00. The van der Waals surface area contributed by atoms with Crippen LogP contribution in [-0.2, 0) is 6.61 Å². The topological polar surface area (TPSA) is 87.6 Å². The number of benzene rings is 3. The second-order valence-electron chi connectivity index (χ2n) is 8.37. The van der Waals surface area contributed by atoms with Crippen molar-refractivity contribution in [2.75, 3.05) is 0 Å². The third kappa shape index (κ3) is 5.86. The predicted molar refractivity (Wildman–Crippen MR) is 142 cm³/mol. The lowest BCUT2D eigenvalue weighted by molar-refractivity contribution is 0.211. The van der Waals surface area contributed by atoms with E-state index in [9.17, 15) is 4.79 Å². The van der Waals surface area contributed by atoms with Crippen LogP contribution in [0.15, 0.2) is 65.2 Å². The van der Waals surface area contributed by atoms with E-state index < -0.39 is 6.09 Å². The third-order valence-corrected chi connectivity index (χ3v) is 6.63. The van der Waals surface area contributed by atoms with Crippen LogP contribution >= 0.6 is 34.8 Å². The van der Waals surface area contributed by atoms with E-state index in [4.69, 9.17) is 54.5 Å². The molecule has 0 atom stereocenters. The Labute approximate surface area is 228 Å². The summed E-state index contributed by atoms with van der Waals surface area (Å²) in [6, 6.07) is 17.3. The first-order chi connectivity index (χ1) is 17.9. The molecule has 0 saturated heterocycles. The number of hydrogen-bond acceptors (Lipinski definition) is 5. The van der Waals surface area contributed by atoms with Gasteiger partial charge in [-0.25, -0.2) is 4.79 Å². The normalized spacial score (nSPS) is 12.5. The van der Waals surface area contributed by atoms with Gasteiger partial charge in [0.05, 0.1) is 20.6 Å². The minimum atomic E-state index is -0.888. The number of halogens is 3. The van der Waals surface area contributed by atoms with E-state index in [-0.39, 0.29) is 6.61 Å². The van der Waals surface area contributed by atoms with Crippen molar-refractivity contribution in [1.82, 2.24) is 5.16 Å². The molecule has 3 aromatic carbocycles. The first-order valence-electron chi connectivity index (χ1n) is 11.3. The summed E-state index contributed by atoms with van der Waals surface area (Å²) < 4.78 is 16.7. The van der Waals surface area contributed by atoms with Crippen LogP contribution in [0.25, 0.3) is 11.3 Å². The van der Waals surface area contributed by atoms with Crippen LogP contribution in [0, 0.1) is 11.8 Å². The monoisotopic (exact) mass is 552 g/mol. The van der Waals surface area contributed by atoms with Gasteiger partial charge in [0.1, 0.15) is 29.6 Å². The van der Waals surface area contributed by atoms with E-state index in [0.717, 1.165) is 24.2 Å². The zero-order valence-electron chi connectivity index (χ0n) is 19.3. The van der Waals surface area contributed by atoms with Gasteiger partial charge in [-0.2, -0.15) is 0 Å². The second-order valence-corrected chi connectivity index (χ2v) is 9.60. The number of aromatic nitrogens is 1. The fourth-order valence-corrected chi connectivity index (χ4v) is 4.58. The maximum absolute atomic E-state index is 11.0. The molecule has 5 rings (SSSR count). The number of hydrogen-bond donors (Lipinski definition) is 1. The van der Waals surface area contributed by atoms with Gasteiger partial charge in [-0.1, -0.05) is 63.9 Å². The Hall–Kier alpha value is -3.63. The zero-order valence-corrected chi connectivity index (χ0v) is 21.5. The van der Waals surface area contributed by atoms with Crippen LogP contribution in [0.1, 0.15) is 41.2 Å². The predicted octanol–water partition coefficient (Wildman–Crippen LogP) is 7.62. The lowest BCUT2D eigenvalue weighted by atomic mass is 10.0. The van der Waals surface area contributed by atoms with Crippen molar-refractivity contribution in [2.24, 2.45) is 5.73 Å². The van der Waals surface area contributed by atoms with E-state index in [2.05, 4.69) is 17.0 Å². The maximum atomic E-state index is 11.0. The van der Waals surface area contributed by atoms with Crippen LogP contribution in [0.3, 0.4) is 0 Å². The smallest absolute Gasteiger partial charge is 0.409 e. The molecule has 1 fully saturated rings. The van der Waals surface area contributed by atoms with Gasteiger partial charge in [0.25, 0.3) is 0 Å². The van der Waals surface area contributed by atoms with Crippen molar-refractivity contribution in [3.05, 3.63) is 98.2 Å². The van der Waals surface area contributed by atoms with Crippen LogP contribution in [0.4, 0.5) is 4.79 Å². The van der Waals surface area contributed by atoms with E-state index in [1.165, 1.54) is 0 Å². The number of amides is 1. The summed E-state index contributed by atoms with van der Waals surface area (Å²) in [4.78, 5) is 11.0.